The van der Waals surface area contributed by atoms with Crippen LogP contribution in [0.15, 0.2) is 18.2 Å². The largest absolute Gasteiger partial charge is 0.508 e. The quantitative estimate of drug-likeness (QED) is 0.691. The normalized spacial score (nSPS) is 36.7. The Balaban J connectivity index is 1.64. The number of hydrogen-bond donors (Lipinski definition) is 2. The smallest absolute Gasteiger partial charge is 0.139 e. The summed E-state index contributed by atoms with van der Waals surface area (Å²) < 4.78 is 15.6. The highest BCUT2D eigenvalue weighted by atomic mass is 19.1. The first-order chi connectivity index (χ1) is 13.5. The average molecular weight is 388 g/mol. The number of alkyl halides is 1. The zero-order chi connectivity index (χ0) is 19.9. The molecule has 0 unspecified atom stereocenters. The maximum Gasteiger partial charge on any atom is 0.139 e. The van der Waals surface area contributed by atoms with Crippen LogP contribution in [0.25, 0.3) is 0 Å². The molecule has 3 aliphatic carbocycles. The summed E-state index contributed by atoms with van der Waals surface area (Å²) in [5.74, 6) is 1.40. The third-order valence-corrected chi connectivity index (χ3v) is 8.04. The minimum atomic E-state index is -0.969. The van der Waals surface area contributed by atoms with Crippen molar-refractivity contribution in [2.45, 2.75) is 70.4 Å². The van der Waals surface area contributed by atoms with E-state index < -0.39 is 11.6 Å². The van der Waals surface area contributed by atoms with E-state index in [-0.39, 0.29) is 23.4 Å². The van der Waals surface area contributed by atoms with Crippen molar-refractivity contribution in [1.82, 2.24) is 5.32 Å². The van der Waals surface area contributed by atoms with Gasteiger partial charge in [-0.25, -0.2) is 4.39 Å². The predicted molar refractivity (Wildman–Crippen MR) is 109 cm³/mol. The summed E-state index contributed by atoms with van der Waals surface area (Å²) >= 11 is 0. The van der Waals surface area contributed by atoms with Crippen molar-refractivity contribution in [3.8, 4) is 5.75 Å². The highest BCUT2D eigenvalue weighted by Crippen LogP contribution is 2.62. The number of carbonyl (C=O) groups is 1. The molecule has 4 rings (SSSR count). The summed E-state index contributed by atoms with van der Waals surface area (Å²) in [5, 5.41) is 13.2. The van der Waals surface area contributed by atoms with Gasteiger partial charge < -0.3 is 10.4 Å². The Morgan fingerprint density at radius 1 is 1.29 bits per heavy atom. The average Bonchev–Trinajstić information content (AvgIpc) is 2.95. The number of nitrogens with one attached hydrogen (secondary N) is 1. The second-order valence-corrected chi connectivity index (χ2v) is 9.61. The van der Waals surface area contributed by atoms with E-state index >= 15 is 4.39 Å². The van der Waals surface area contributed by atoms with Crippen molar-refractivity contribution in [3.63, 3.8) is 0 Å². The van der Waals surface area contributed by atoms with Gasteiger partial charge >= 0.3 is 0 Å². The van der Waals surface area contributed by atoms with E-state index in [4.69, 9.17) is 0 Å². The lowest BCUT2D eigenvalue weighted by Gasteiger charge is -2.53. The van der Waals surface area contributed by atoms with Crippen molar-refractivity contribution in [3.05, 3.63) is 29.3 Å². The molecule has 0 amide bonds. The van der Waals surface area contributed by atoms with E-state index in [1.165, 1.54) is 12.8 Å². The SMILES string of the molecule is CNCCCCC[C@@H]1Cc2cc(O)ccc2[C@@H]2[C@@H]1[C@@H]1CCC(=O)[C@@]1(C)C[C@H]2F. The van der Waals surface area contributed by atoms with Gasteiger partial charge in [0.25, 0.3) is 0 Å². The van der Waals surface area contributed by atoms with Gasteiger partial charge in [0.2, 0.25) is 0 Å². The summed E-state index contributed by atoms with van der Waals surface area (Å²) in [4.78, 5) is 12.7. The molecule has 28 heavy (non-hydrogen) atoms. The molecule has 0 saturated heterocycles. The second kappa shape index (κ2) is 7.78. The maximum absolute atomic E-state index is 15.6. The van der Waals surface area contributed by atoms with Crippen LogP contribution >= 0.6 is 0 Å². The topological polar surface area (TPSA) is 49.3 Å². The molecule has 1 aromatic carbocycles. The molecule has 2 fully saturated rings. The van der Waals surface area contributed by atoms with Crippen molar-refractivity contribution >= 4 is 5.78 Å². The minimum absolute atomic E-state index is 0.115. The van der Waals surface area contributed by atoms with Crippen LogP contribution in [-0.4, -0.2) is 30.7 Å². The number of unbranched alkanes of at least 4 members (excludes halogenated alkanes) is 2. The number of phenolic OH excluding ortho intramolecular Hbond substituents is 1. The molecule has 0 aromatic heterocycles. The van der Waals surface area contributed by atoms with E-state index in [1.54, 1.807) is 6.07 Å². The number of Topliss-reactive ketones (excluding diaryl/α,β-unsaturated/α-hetero) is 1. The van der Waals surface area contributed by atoms with Crippen LogP contribution in [0.5, 0.6) is 5.75 Å². The van der Waals surface area contributed by atoms with Crippen molar-refractivity contribution in [2.75, 3.05) is 13.6 Å². The standard InChI is InChI=1S/C24H34FNO2/c1-24-14-20(25)23-18-8-7-17(27)13-16(18)12-15(6-4-3-5-11-26-2)22(23)19(24)9-10-21(24)28/h7-8,13,15,19-20,22-23,26-27H,3-6,9-12,14H2,1-2H3/t15-,19+,20-,22+,23+,24+/m1/s1. The molecule has 4 heteroatoms. The molecule has 3 aliphatic rings. The van der Waals surface area contributed by atoms with Gasteiger partial charge in [-0.2, -0.15) is 0 Å². The summed E-state index contributed by atoms with van der Waals surface area (Å²) in [5.41, 5.74) is 1.74. The number of aromatic hydroxyl groups is 1. The summed E-state index contributed by atoms with van der Waals surface area (Å²) in [6.45, 7) is 3.07. The van der Waals surface area contributed by atoms with Crippen LogP contribution in [0, 0.1) is 23.2 Å². The van der Waals surface area contributed by atoms with E-state index in [2.05, 4.69) is 5.32 Å². The van der Waals surface area contributed by atoms with Crippen LogP contribution in [0.2, 0.25) is 0 Å². The molecule has 0 spiro atoms. The van der Waals surface area contributed by atoms with Gasteiger partial charge in [-0.15, -0.1) is 0 Å². The monoisotopic (exact) mass is 387 g/mol. The van der Waals surface area contributed by atoms with Gasteiger partial charge in [0.15, 0.2) is 0 Å². The Labute approximate surface area is 168 Å². The molecule has 0 radical (unpaired) electrons. The predicted octanol–water partition coefficient (Wildman–Crippen LogP) is 4.77. The number of carbonyl (C=O) groups excluding carboxylic acids is 1. The van der Waals surface area contributed by atoms with Gasteiger partial charge in [0.05, 0.1) is 0 Å². The fourth-order valence-corrected chi connectivity index (χ4v) is 6.72. The van der Waals surface area contributed by atoms with Gasteiger partial charge in [0.1, 0.15) is 17.7 Å². The van der Waals surface area contributed by atoms with Gasteiger partial charge in [0, 0.05) is 17.8 Å². The Kier molecular flexibility index (Phi) is 5.52. The van der Waals surface area contributed by atoms with Gasteiger partial charge in [-0.1, -0.05) is 25.8 Å². The Morgan fingerprint density at radius 3 is 2.89 bits per heavy atom. The highest BCUT2D eigenvalue weighted by Gasteiger charge is 2.60. The first-order valence-corrected chi connectivity index (χ1v) is 11.1. The maximum atomic E-state index is 15.6. The lowest BCUT2D eigenvalue weighted by Crippen LogP contribution is -2.50. The number of rotatable bonds is 6. The lowest BCUT2D eigenvalue weighted by atomic mass is 9.51. The van der Waals surface area contributed by atoms with Crippen molar-refractivity contribution < 1.29 is 14.3 Å². The van der Waals surface area contributed by atoms with Gasteiger partial charge in [-0.3, -0.25) is 4.79 Å². The first-order valence-electron chi connectivity index (χ1n) is 11.1. The molecule has 1 aromatic rings. The fourth-order valence-electron chi connectivity index (χ4n) is 6.72. The van der Waals surface area contributed by atoms with Crippen LogP contribution < -0.4 is 5.32 Å². The molecule has 2 N–H and O–H groups in total. The van der Waals surface area contributed by atoms with Crippen LogP contribution in [0.1, 0.15) is 68.9 Å². The summed E-state index contributed by atoms with van der Waals surface area (Å²) in [7, 11) is 1.98. The molecule has 3 nitrogen and oxygen atoms in total. The van der Waals surface area contributed by atoms with Crippen LogP contribution in [0.4, 0.5) is 4.39 Å². The fraction of sp³-hybridized carbons (Fsp3) is 0.708. The Bertz CT molecular complexity index is 735. The molecular weight excluding hydrogens is 353 g/mol. The molecule has 0 aliphatic heterocycles. The highest BCUT2D eigenvalue weighted by molar-refractivity contribution is 5.87. The number of hydrogen-bond acceptors (Lipinski definition) is 3. The first kappa shape index (κ1) is 19.9. The lowest BCUT2D eigenvalue weighted by molar-refractivity contribution is -0.132. The zero-order valence-corrected chi connectivity index (χ0v) is 17.2. The molecule has 0 bridgehead atoms. The molecule has 154 valence electrons. The number of phenols is 1. The molecule has 0 heterocycles. The third kappa shape index (κ3) is 3.28. The van der Waals surface area contributed by atoms with Crippen molar-refractivity contribution in [1.29, 1.82) is 0 Å². The number of fused-ring (bicyclic) bond motifs is 5. The summed E-state index contributed by atoms with van der Waals surface area (Å²) in [6, 6.07) is 5.49. The number of benzene rings is 1. The number of ketones is 1. The number of halogens is 1. The zero-order valence-electron chi connectivity index (χ0n) is 17.2. The van der Waals surface area contributed by atoms with E-state index in [0.29, 0.717) is 24.7 Å². The summed E-state index contributed by atoms with van der Waals surface area (Å²) in [6.07, 6.45) is 6.44. The van der Waals surface area contributed by atoms with E-state index in [1.807, 2.05) is 26.1 Å². The van der Waals surface area contributed by atoms with Crippen molar-refractivity contribution in [2.24, 2.45) is 23.2 Å². The van der Waals surface area contributed by atoms with Crippen LogP contribution in [0.3, 0.4) is 0 Å². The van der Waals surface area contributed by atoms with E-state index in [0.717, 1.165) is 43.4 Å². The molecule has 2 saturated carbocycles. The minimum Gasteiger partial charge on any atom is -0.508 e. The third-order valence-electron chi connectivity index (χ3n) is 8.04. The molecule has 6 atom stereocenters. The second-order valence-electron chi connectivity index (χ2n) is 9.61. The van der Waals surface area contributed by atoms with E-state index in [9.17, 15) is 9.90 Å². The van der Waals surface area contributed by atoms with Crippen LogP contribution in [-0.2, 0) is 11.2 Å². The Morgan fingerprint density at radius 2 is 2.11 bits per heavy atom. The Hall–Kier alpha value is -1.42. The van der Waals surface area contributed by atoms with Gasteiger partial charge in [-0.05, 0) is 86.7 Å². The molecular formula is C24H34FNO2.